The van der Waals surface area contributed by atoms with E-state index in [9.17, 15) is 19.2 Å². The largest absolute Gasteiger partial charge is 0.411 e. The molecular formula is C35H26F6N4O4. The molecule has 6 rings (SSSR count). The first kappa shape index (κ1) is 33.2. The number of fused-ring (bicyclic) bond motifs is 2. The predicted octanol–water partition coefficient (Wildman–Crippen LogP) is 5.94. The van der Waals surface area contributed by atoms with Gasteiger partial charge in [-0.15, -0.1) is 0 Å². The van der Waals surface area contributed by atoms with Crippen molar-refractivity contribution >= 4 is 35.0 Å². The Morgan fingerprint density at radius 3 is 1.12 bits per heavy atom. The molecule has 0 aliphatic carbocycles. The summed E-state index contributed by atoms with van der Waals surface area (Å²) in [5.41, 5.74) is 4.18. The molecule has 14 heteroatoms. The van der Waals surface area contributed by atoms with Gasteiger partial charge in [-0.25, -0.2) is 0 Å². The number of imide groups is 2. The highest BCUT2D eigenvalue weighted by atomic mass is 19.4. The zero-order valence-electron chi connectivity index (χ0n) is 25.4. The number of benzene rings is 4. The third-order valence-electron chi connectivity index (χ3n) is 8.87. The molecule has 49 heavy (non-hydrogen) atoms. The Bertz CT molecular complexity index is 1860. The van der Waals surface area contributed by atoms with Gasteiger partial charge in [0, 0.05) is 24.5 Å². The average Bonchev–Trinajstić information content (AvgIpc) is 3.42. The summed E-state index contributed by atoms with van der Waals surface area (Å²) < 4.78 is 90.4. The summed E-state index contributed by atoms with van der Waals surface area (Å²) in [6, 6.07) is 16.4. The Morgan fingerprint density at radius 2 is 0.796 bits per heavy atom. The van der Waals surface area contributed by atoms with E-state index in [-0.39, 0.29) is 37.1 Å². The second kappa shape index (κ2) is 11.8. The molecule has 0 saturated heterocycles. The Morgan fingerprint density at radius 1 is 0.469 bits per heavy atom. The highest BCUT2D eigenvalue weighted by Gasteiger charge is 2.73. The number of hydrogen-bond donors (Lipinski definition) is 2. The molecule has 252 valence electrons. The van der Waals surface area contributed by atoms with Crippen molar-refractivity contribution in [1.29, 1.82) is 0 Å². The molecule has 0 aromatic heterocycles. The number of rotatable bonds is 8. The lowest BCUT2D eigenvalue weighted by molar-refractivity contribution is -0.288. The number of anilines is 2. The van der Waals surface area contributed by atoms with Crippen LogP contribution >= 0.6 is 0 Å². The predicted molar refractivity (Wildman–Crippen MR) is 166 cm³/mol. The quantitative estimate of drug-likeness (QED) is 0.135. The standard InChI is InChI=1S/C35H26F6N4O4/c36-34(37,38)33(35(39,40)41,21-5-11-25-27(17-21)31(48)44(29(25)46)15-13-19-1-7-23(42)8-2-19)22-6-12-26-28(18-22)32(49)45(30(26)47)16-14-20-3-9-24(43)10-4-20/h1-12,17-18H,13-16,42-43H2. The maximum atomic E-state index is 15.1. The summed E-state index contributed by atoms with van der Waals surface area (Å²) in [6.07, 6.45) is -11.8. The van der Waals surface area contributed by atoms with Crippen molar-refractivity contribution in [3.8, 4) is 0 Å². The van der Waals surface area contributed by atoms with Crippen LogP contribution < -0.4 is 11.5 Å². The van der Waals surface area contributed by atoms with E-state index in [0.29, 0.717) is 46.8 Å². The van der Waals surface area contributed by atoms with Crippen LogP contribution in [0.1, 0.15) is 63.7 Å². The second-order valence-electron chi connectivity index (χ2n) is 11.8. The first-order chi connectivity index (χ1) is 23.0. The Balaban J connectivity index is 1.37. The lowest BCUT2D eigenvalue weighted by atomic mass is 9.71. The molecule has 2 aliphatic rings. The lowest BCUT2D eigenvalue weighted by Gasteiger charge is -2.38. The molecule has 4 amide bonds. The third-order valence-corrected chi connectivity index (χ3v) is 8.87. The fourth-order valence-corrected chi connectivity index (χ4v) is 6.29. The first-order valence-corrected chi connectivity index (χ1v) is 14.9. The monoisotopic (exact) mass is 680 g/mol. The molecule has 0 fully saturated rings. The van der Waals surface area contributed by atoms with E-state index in [1.165, 1.54) is 0 Å². The van der Waals surface area contributed by atoms with Gasteiger partial charge in [0.1, 0.15) is 0 Å². The summed E-state index contributed by atoms with van der Waals surface area (Å²) >= 11 is 0. The normalized spacial score (nSPS) is 14.9. The molecule has 0 bridgehead atoms. The van der Waals surface area contributed by atoms with Gasteiger partial charge in [0.2, 0.25) is 5.41 Å². The number of nitrogen functional groups attached to an aromatic ring is 2. The van der Waals surface area contributed by atoms with Gasteiger partial charge in [-0.1, -0.05) is 36.4 Å². The molecule has 0 saturated carbocycles. The summed E-state index contributed by atoms with van der Waals surface area (Å²) in [4.78, 5) is 54.2. The molecule has 4 aromatic carbocycles. The van der Waals surface area contributed by atoms with Crippen molar-refractivity contribution in [3.05, 3.63) is 129 Å². The van der Waals surface area contributed by atoms with E-state index in [1.54, 1.807) is 48.5 Å². The van der Waals surface area contributed by atoms with Gasteiger partial charge < -0.3 is 11.5 Å². The molecule has 0 spiro atoms. The van der Waals surface area contributed by atoms with Crippen molar-refractivity contribution < 1.29 is 45.5 Å². The van der Waals surface area contributed by atoms with Gasteiger partial charge in [-0.2, -0.15) is 26.3 Å². The number of nitrogens with zero attached hydrogens (tertiary/aromatic N) is 2. The maximum Gasteiger partial charge on any atom is 0.411 e. The van der Waals surface area contributed by atoms with Crippen molar-refractivity contribution in [2.45, 2.75) is 30.6 Å². The van der Waals surface area contributed by atoms with Crippen molar-refractivity contribution in [1.82, 2.24) is 9.80 Å². The van der Waals surface area contributed by atoms with Crippen LogP contribution in [0.25, 0.3) is 0 Å². The number of carbonyl (C=O) groups is 4. The topological polar surface area (TPSA) is 127 Å². The molecule has 8 nitrogen and oxygen atoms in total. The van der Waals surface area contributed by atoms with Crippen LogP contribution in [0.3, 0.4) is 0 Å². The number of amides is 4. The number of halogens is 6. The Hall–Kier alpha value is -5.66. The van der Waals surface area contributed by atoms with Crippen LogP contribution in [0.2, 0.25) is 0 Å². The second-order valence-corrected chi connectivity index (χ2v) is 11.8. The van der Waals surface area contributed by atoms with Crippen molar-refractivity contribution in [3.63, 3.8) is 0 Å². The van der Waals surface area contributed by atoms with Gasteiger partial charge in [-0.05, 0) is 83.6 Å². The molecule has 0 unspecified atom stereocenters. The van der Waals surface area contributed by atoms with Crippen LogP contribution in [0.4, 0.5) is 37.7 Å². The Labute approximate surface area is 274 Å². The van der Waals surface area contributed by atoms with Gasteiger partial charge >= 0.3 is 12.4 Å². The summed E-state index contributed by atoms with van der Waals surface area (Å²) in [5.74, 6) is -3.84. The van der Waals surface area contributed by atoms with Gasteiger partial charge in [-0.3, -0.25) is 29.0 Å². The summed E-state index contributed by atoms with van der Waals surface area (Å²) in [5, 5.41) is 0. The lowest BCUT2D eigenvalue weighted by Crippen LogP contribution is -2.55. The zero-order valence-corrected chi connectivity index (χ0v) is 25.4. The Kier molecular flexibility index (Phi) is 8.00. The molecular weight excluding hydrogens is 654 g/mol. The van der Waals surface area contributed by atoms with E-state index in [4.69, 9.17) is 11.5 Å². The zero-order chi connectivity index (χ0) is 35.5. The van der Waals surface area contributed by atoms with Gasteiger partial charge in [0.25, 0.3) is 23.6 Å². The summed E-state index contributed by atoms with van der Waals surface area (Å²) in [6.45, 7) is -0.379. The van der Waals surface area contributed by atoms with E-state index in [1.807, 2.05) is 0 Å². The molecule has 2 heterocycles. The van der Waals surface area contributed by atoms with Gasteiger partial charge in [0.15, 0.2) is 0 Å². The molecule has 0 atom stereocenters. The van der Waals surface area contributed by atoms with Crippen molar-refractivity contribution in [2.24, 2.45) is 0 Å². The van der Waals surface area contributed by atoms with Crippen LogP contribution in [-0.2, 0) is 18.3 Å². The minimum atomic E-state index is -6.06. The van der Waals surface area contributed by atoms with E-state index in [0.717, 1.165) is 21.9 Å². The molecule has 2 aliphatic heterocycles. The average molecular weight is 681 g/mol. The number of carbonyl (C=O) groups excluding carboxylic acids is 4. The van der Waals surface area contributed by atoms with E-state index in [2.05, 4.69) is 0 Å². The number of alkyl halides is 6. The van der Waals surface area contributed by atoms with Crippen molar-refractivity contribution in [2.75, 3.05) is 24.6 Å². The minimum Gasteiger partial charge on any atom is -0.399 e. The minimum absolute atomic E-state index is 0.159. The number of hydrogen-bond acceptors (Lipinski definition) is 6. The molecule has 0 radical (unpaired) electrons. The maximum absolute atomic E-state index is 15.1. The van der Waals surface area contributed by atoms with Crippen LogP contribution in [0, 0.1) is 0 Å². The van der Waals surface area contributed by atoms with Crippen LogP contribution in [0.15, 0.2) is 84.9 Å². The van der Waals surface area contributed by atoms with Gasteiger partial charge in [0.05, 0.1) is 22.3 Å². The fourth-order valence-electron chi connectivity index (χ4n) is 6.29. The summed E-state index contributed by atoms with van der Waals surface area (Å²) in [7, 11) is 0. The van der Waals surface area contributed by atoms with E-state index >= 15 is 26.3 Å². The first-order valence-electron chi connectivity index (χ1n) is 14.9. The highest BCUT2D eigenvalue weighted by Crippen LogP contribution is 2.57. The number of nitrogens with two attached hydrogens (primary N) is 2. The SMILES string of the molecule is Nc1ccc(CCN2C(=O)c3ccc(C(c4ccc5c(c4)C(=O)N(CCc4ccc(N)cc4)C5=O)(C(F)(F)F)C(F)(F)F)cc3C2=O)cc1. The smallest absolute Gasteiger partial charge is 0.399 e. The van der Waals surface area contributed by atoms with Crippen LogP contribution in [0.5, 0.6) is 0 Å². The molecule has 4 N–H and O–H groups in total. The van der Waals surface area contributed by atoms with Crippen LogP contribution in [-0.4, -0.2) is 58.9 Å². The highest BCUT2D eigenvalue weighted by molar-refractivity contribution is 6.22. The third kappa shape index (κ3) is 5.46. The van der Waals surface area contributed by atoms with E-state index < -0.39 is 63.7 Å². The molecule has 4 aromatic rings. The fraction of sp³-hybridized carbons (Fsp3) is 0.200.